The summed E-state index contributed by atoms with van der Waals surface area (Å²) in [7, 11) is -3.58. The van der Waals surface area contributed by atoms with E-state index in [0.717, 1.165) is 16.6 Å². The van der Waals surface area contributed by atoms with Crippen LogP contribution in [0.25, 0.3) is 0 Å². The van der Waals surface area contributed by atoms with E-state index in [1.54, 1.807) is 6.92 Å². The average Bonchev–Trinajstić information content (AvgIpc) is 2.38. The number of benzene rings is 1. The maximum atomic E-state index is 12.7. The summed E-state index contributed by atoms with van der Waals surface area (Å²) >= 11 is 5.48. The highest BCUT2D eigenvalue weighted by atomic mass is 35.5. The molecular formula is C13H16ClF3N2O3S. The number of hydrogen-bond acceptors (Lipinski definition) is 3. The van der Waals surface area contributed by atoms with Crippen molar-refractivity contribution in [2.24, 2.45) is 0 Å². The third-order valence-electron chi connectivity index (χ3n) is 2.82. The van der Waals surface area contributed by atoms with Gasteiger partial charge in [-0.15, -0.1) is 0 Å². The average molecular weight is 373 g/mol. The lowest BCUT2D eigenvalue weighted by Crippen LogP contribution is -2.37. The SMILES string of the molecule is CCCN(CC(=O)Nc1ccc(Cl)c(C(F)(F)F)c1)S(C)(=O)=O. The van der Waals surface area contributed by atoms with Crippen LogP contribution in [0.4, 0.5) is 18.9 Å². The molecule has 10 heteroatoms. The number of amides is 1. The lowest BCUT2D eigenvalue weighted by Gasteiger charge is -2.19. The molecule has 0 aliphatic heterocycles. The summed E-state index contributed by atoms with van der Waals surface area (Å²) in [6, 6.07) is 2.92. The molecule has 1 amide bonds. The second kappa shape index (κ2) is 7.50. The Bertz CT molecular complexity index is 678. The Morgan fingerprint density at radius 3 is 2.43 bits per heavy atom. The lowest BCUT2D eigenvalue weighted by molar-refractivity contribution is -0.137. The van der Waals surface area contributed by atoms with Crippen LogP contribution in [-0.2, 0) is 21.0 Å². The van der Waals surface area contributed by atoms with Crippen molar-refractivity contribution in [3.8, 4) is 0 Å². The zero-order valence-electron chi connectivity index (χ0n) is 12.4. The van der Waals surface area contributed by atoms with Crippen molar-refractivity contribution in [3.05, 3.63) is 28.8 Å². The van der Waals surface area contributed by atoms with Crippen LogP contribution in [0.15, 0.2) is 18.2 Å². The third kappa shape index (κ3) is 6.00. The highest BCUT2D eigenvalue weighted by molar-refractivity contribution is 7.88. The fraction of sp³-hybridized carbons (Fsp3) is 0.462. The predicted molar refractivity (Wildman–Crippen MR) is 81.8 cm³/mol. The molecule has 0 aliphatic carbocycles. The molecule has 1 N–H and O–H groups in total. The van der Waals surface area contributed by atoms with Crippen molar-refractivity contribution in [2.75, 3.05) is 24.7 Å². The largest absolute Gasteiger partial charge is 0.417 e. The molecule has 0 aliphatic rings. The third-order valence-corrected chi connectivity index (χ3v) is 4.40. The molecule has 23 heavy (non-hydrogen) atoms. The van der Waals surface area contributed by atoms with Crippen molar-refractivity contribution in [1.82, 2.24) is 4.31 Å². The van der Waals surface area contributed by atoms with Crippen LogP contribution in [0.3, 0.4) is 0 Å². The summed E-state index contributed by atoms with van der Waals surface area (Å²) in [5, 5.41) is 1.75. The van der Waals surface area contributed by atoms with Gasteiger partial charge in [0, 0.05) is 12.2 Å². The number of anilines is 1. The van der Waals surface area contributed by atoms with E-state index in [-0.39, 0.29) is 12.2 Å². The van der Waals surface area contributed by atoms with Crippen LogP contribution in [0, 0.1) is 0 Å². The highest BCUT2D eigenvalue weighted by Crippen LogP contribution is 2.36. The van der Waals surface area contributed by atoms with Gasteiger partial charge in [-0.05, 0) is 24.6 Å². The van der Waals surface area contributed by atoms with Gasteiger partial charge in [-0.3, -0.25) is 4.79 Å². The van der Waals surface area contributed by atoms with Crippen LogP contribution in [-0.4, -0.2) is 38.0 Å². The van der Waals surface area contributed by atoms with Crippen molar-refractivity contribution in [1.29, 1.82) is 0 Å². The Morgan fingerprint density at radius 2 is 1.96 bits per heavy atom. The molecule has 1 rings (SSSR count). The van der Waals surface area contributed by atoms with Gasteiger partial charge in [0.1, 0.15) is 0 Å². The molecule has 1 aromatic carbocycles. The number of sulfonamides is 1. The molecule has 0 radical (unpaired) electrons. The van der Waals surface area contributed by atoms with E-state index in [0.29, 0.717) is 12.5 Å². The quantitative estimate of drug-likeness (QED) is 0.834. The molecule has 5 nitrogen and oxygen atoms in total. The van der Waals surface area contributed by atoms with Gasteiger partial charge in [0.15, 0.2) is 0 Å². The summed E-state index contributed by atoms with van der Waals surface area (Å²) in [6.45, 7) is 1.40. The number of nitrogens with one attached hydrogen (secondary N) is 1. The smallest absolute Gasteiger partial charge is 0.325 e. The van der Waals surface area contributed by atoms with Gasteiger partial charge in [0.25, 0.3) is 0 Å². The summed E-state index contributed by atoms with van der Waals surface area (Å²) < 4.78 is 62.2. The maximum absolute atomic E-state index is 12.7. The Labute approximate surface area is 137 Å². The van der Waals surface area contributed by atoms with Gasteiger partial charge in [-0.2, -0.15) is 17.5 Å². The first-order chi connectivity index (χ1) is 10.4. The summed E-state index contributed by atoms with van der Waals surface area (Å²) in [4.78, 5) is 11.9. The van der Waals surface area contributed by atoms with E-state index in [4.69, 9.17) is 11.6 Å². The molecule has 0 fully saturated rings. The van der Waals surface area contributed by atoms with Crippen LogP contribution in [0.2, 0.25) is 5.02 Å². The van der Waals surface area contributed by atoms with E-state index in [2.05, 4.69) is 5.32 Å². The van der Waals surface area contributed by atoms with Crippen LogP contribution in [0.1, 0.15) is 18.9 Å². The van der Waals surface area contributed by atoms with Gasteiger partial charge < -0.3 is 5.32 Å². The van der Waals surface area contributed by atoms with E-state index in [1.165, 1.54) is 6.07 Å². The first-order valence-electron chi connectivity index (χ1n) is 6.57. The topological polar surface area (TPSA) is 66.5 Å². The maximum Gasteiger partial charge on any atom is 0.417 e. The standard InChI is InChI=1S/C13H16ClF3N2O3S/c1-3-6-19(23(2,21)22)8-12(20)18-9-4-5-11(14)10(7-9)13(15,16)17/h4-5,7H,3,6,8H2,1-2H3,(H,18,20). The van der Waals surface area contributed by atoms with Crippen molar-refractivity contribution >= 4 is 33.2 Å². The summed E-state index contributed by atoms with van der Waals surface area (Å²) in [5.74, 6) is -0.737. The van der Waals surface area contributed by atoms with Gasteiger partial charge in [-0.25, -0.2) is 8.42 Å². The molecule has 0 saturated carbocycles. The molecular weight excluding hydrogens is 357 g/mol. The summed E-state index contributed by atoms with van der Waals surface area (Å²) in [5.41, 5.74) is -1.19. The predicted octanol–water partition coefficient (Wildman–Crippen LogP) is 2.97. The molecule has 0 heterocycles. The van der Waals surface area contributed by atoms with Gasteiger partial charge >= 0.3 is 6.18 Å². The minimum absolute atomic E-state index is 0.114. The van der Waals surface area contributed by atoms with Crippen LogP contribution >= 0.6 is 11.6 Å². The van der Waals surface area contributed by atoms with Crippen molar-refractivity contribution in [2.45, 2.75) is 19.5 Å². The lowest BCUT2D eigenvalue weighted by atomic mass is 10.2. The number of halogens is 4. The zero-order valence-corrected chi connectivity index (χ0v) is 14.0. The Morgan fingerprint density at radius 1 is 1.35 bits per heavy atom. The minimum Gasteiger partial charge on any atom is -0.325 e. The zero-order chi connectivity index (χ0) is 17.8. The van der Waals surface area contributed by atoms with Crippen molar-refractivity contribution < 1.29 is 26.4 Å². The first kappa shape index (κ1) is 19.7. The minimum atomic E-state index is -4.65. The molecule has 0 atom stereocenters. The van der Waals surface area contributed by atoms with Crippen LogP contribution < -0.4 is 5.32 Å². The second-order valence-electron chi connectivity index (χ2n) is 4.84. The molecule has 1 aromatic rings. The Kier molecular flexibility index (Phi) is 6.43. The number of nitrogens with zero attached hydrogens (tertiary/aromatic N) is 1. The monoisotopic (exact) mass is 372 g/mol. The van der Waals surface area contributed by atoms with E-state index >= 15 is 0 Å². The van der Waals surface area contributed by atoms with Crippen molar-refractivity contribution in [3.63, 3.8) is 0 Å². The number of carbonyl (C=O) groups excluding carboxylic acids is 1. The fourth-order valence-electron chi connectivity index (χ4n) is 1.79. The number of hydrogen-bond donors (Lipinski definition) is 1. The second-order valence-corrected chi connectivity index (χ2v) is 7.23. The molecule has 0 saturated heterocycles. The molecule has 130 valence electrons. The fourth-order valence-corrected chi connectivity index (χ4v) is 2.88. The van der Waals surface area contributed by atoms with E-state index in [9.17, 15) is 26.4 Å². The number of alkyl halides is 3. The Hall–Kier alpha value is -1.32. The first-order valence-corrected chi connectivity index (χ1v) is 8.79. The van der Waals surface area contributed by atoms with Gasteiger partial charge in [0.05, 0.1) is 23.4 Å². The molecule has 0 unspecified atom stereocenters. The summed E-state index contributed by atoms with van der Waals surface area (Å²) in [6.07, 6.45) is -3.20. The highest BCUT2D eigenvalue weighted by Gasteiger charge is 2.33. The Balaban J connectivity index is 2.89. The number of rotatable bonds is 6. The van der Waals surface area contributed by atoms with Crippen LogP contribution in [0.5, 0.6) is 0 Å². The molecule has 0 aromatic heterocycles. The normalized spacial score (nSPS) is 12.5. The number of carbonyl (C=O) groups is 1. The van der Waals surface area contributed by atoms with Gasteiger partial charge in [-0.1, -0.05) is 18.5 Å². The molecule has 0 spiro atoms. The van der Waals surface area contributed by atoms with E-state index < -0.39 is 39.2 Å². The van der Waals surface area contributed by atoms with E-state index in [1.807, 2.05) is 0 Å². The van der Waals surface area contributed by atoms with Gasteiger partial charge in [0.2, 0.25) is 15.9 Å². The molecule has 0 bridgehead atoms.